The summed E-state index contributed by atoms with van der Waals surface area (Å²) in [4.78, 5) is -2.18. The van der Waals surface area contributed by atoms with Gasteiger partial charge in [-0.2, -0.15) is 0 Å². The van der Waals surface area contributed by atoms with E-state index in [1.165, 1.54) is 11.8 Å². The quantitative estimate of drug-likeness (QED) is 0.609. The molecule has 13 heavy (non-hydrogen) atoms. The second-order valence-electron chi connectivity index (χ2n) is 3.36. The predicted molar refractivity (Wildman–Crippen MR) is 51.9 cm³/mol. The molecule has 1 aromatic carbocycles. The molecule has 0 radical (unpaired) electrons. The zero-order chi connectivity index (χ0) is 9.10. The molecule has 1 heterocycles. The Morgan fingerprint density at radius 3 is 2.77 bits per heavy atom. The van der Waals surface area contributed by atoms with Crippen molar-refractivity contribution in [3.05, 3.63) is 41.5 Å². The number of benzene rings is 1. The number of hydrogen-bond acceptors (Lipinski definition) is 3. The lowest BCUT2D eigenvalue weighted by Gasteiger charge is -2.17. The van der Waals surface area contributed by atoms with Crippen LogP contribution in [0.1, 0.15) is 11.1 Å². The molecule has 2 unspecified atom stereocenters. The number of rotatable bonds is 0. The van der Waals surface area contributed by atoms with Crippen LogP contribution in [0.25, 0.3) is 6.08 Å². The summed E-state index contributed by atoms with van der Waals surface area (Å²) in [5.41, 5.74) is 1.80. The maximum absolute atomic E-state index is 10.0. The van der Waals surface area contributed by atoms with Gasteiger partial charge in [0.05, 0.1) is 0 Å². The summed E-state index contributed by atoms with van der Waals surface area (Å²) in [5, 5.41) is 19.8. The first-order chi connectivity index (χ1) is 6.16. The van der Waals surface area contributed by atoms with E-state index in [2.05, 4.69) is 0 Å². The SMILES string of the molecule is OC12C=Cc3ccccc3C1(O)S2. The van der Waals surface area contributed by atoms with E-state index < -0.39 is 9.87 Å². The van der Waals surface area contributed by atoms with E-state index >= 15 is 0 Å². The minimum absolute atomic E-state index is 0.810. The fourth-order valence-electron chi connectivity index (χ4n) is 1.75. The lowest BCUT2D eigenvalue weighted by Crippen LogP contribution is -2.24. The van der Waals surface area contributed by atoms with Gasteiger partial charge < -0.3 is 10.2 Å². The molecule has 2 N–H and O–H groups in total. The Morgan fingerprint density at radius 1 is 1.15 bits per heavy atom. The van der Waals surface area contributed by atoms with E-state index in [4.69, 9.17) is 0 Å². The van der Waals surface area contributed by atoms with Gasteiger partial charge in [0.25, 0.3) is 0 Å². The van der Waals surface area contributed by atoms with Gasteiger partial charge in [-0.05, 0) is 11.6 Å². The molecule has 3 heteroatoms. The summed E-state index contributed by atoms with van der Waals surface area (Å²) in [6.07, 6.45) is 3.50. The third-order valence-corrected chi connectivity index (χ3v) is 3.93. The molecular weight excluding hydrogens is 184 g/mol. The van der Waals surface area contributed by atoms with Crippen molar-refractivity contribution in [2.45, 2.75) is 9.87 Å². The van der Waals surface area contributed by atoms with Crippen LogP contribution in [-0.4, -0.2) is 15.1 Å². The number of fused-ring (bicyclic) bond motifs is 3. The van der Waals surface area contributed by atoms with Crippen molar-refractivity contribution in [2.75, 3.05) is 0 Å². The van der Waals surface area contributed by atoms with E-state index in [0.29, 0.717) is 0 Å². The predicted octanol–water partition coefficient (Wildman–Crippen LogP) is 1.29. The molecule has 1 fully saturated rings. The first kappa shape index (κ1) is 7.62. The van der Waals surface area contributed by atoms with Crippen LogP contribution in [0.4, 0.5) is 0 Å². The highest BCUT2D eigenvalue weighted by Crippen LogP contribution is 2.69. The summed E-state index contributed by atoms with van der Waals surface area (Å²) in [5.74, 6) is 0. The van der Waals surface area contributed by atoms with E-state index in [1.807, 2.05) is 30.3 Å². The van der Waals surface area contributed by atoms with E-state index in [0.717, 1.165) is 11.1 Å². The fourth-order valence-corrected chi connectivity index (χ4v) is 2.76. The van der Waals surface area contributed by atoms with Gasteiger partial charge in [0.2, 0.25) is 0 Å². The van der Waals surface area contributed by atoms with Gasteiger partial charge >= 0.3 is 0 Å². The van der Waals surface area contributed by atoms with Crippen molar-refractivity contribution < 1.29 is 10.2 Å². The van der Waals surface area contributed by atoms with Crippen LogP contribution in [-0.2, 0) is 4.93 Å². The molecule has 0 amide bonds. The minimum Gasteiger partial charge on any atom is -0.372 e. The van der Waals surface area contributed by atoms with Gasteiger partial charge in [0, 0.05) is 5.56 Å². The van der Waals surface area contributed by atoms with Crippen molar-refractivity contribution >= 4 is 17.8 Å². The number of thioether (sulfide) groups is 1. The van der Waals surface area contributed by atoms with Crippen molar-refractivity contribution in [1.82, 2.24) is 0 Å². The highest BCUT2D eigenvalue weighted by atomic mass is 32.2. The first-order valence-corrected chi connectivity index (χ1v) is 4.91. The Kier molecular flexibility index (Phi) is 1.17. The van der Waals surface area contributed by atoms with Gasteiger partial charge in [0.15, 0.2) is 9.87 Å². The maximum Gasteiger partial charge on any atom is 0.182 e. The van der Waals surface area contributed by atoms with Gasteiger partial charge in [0.1, 0.15) is 0 Å². The zero-order valence-corrected chi connectivity index (χ0v) is 7.58. The second kappa shape index (κ2) is 2.00. The van der Waals surface area contributed by atoms with Gasteiger partial charge in [-0.1, -0.05) is 42.1 Å². The maximum atomic E-state index is 10.0. The van der Waals surface area contributed by atoms with Crippen molar-refractivity contribution in [3.63, 3.8) is 0 Å². The molecule has 1 aliphatic carbocycles. The number of aliphatic hydroxyl groups is 2. The average molecular weight is 192 g/mol. The molecule has 0 saturated carbocycles. The molecule has 1 aromatic rings. The summed E-state index contributed by atoms with van der Waals surface area (Å²) < 4.78 is 0. The summed E-state index contributed by atoms with van der Waals surface area (Å²) in [6.45, 7) is 0. The van der Waals surface area contributed by atoms with Crippen LogP contribution in [0.15, 0.2) is 30.3 Å². The van der Waals surface area contributed by atoms with Crippen LogP contribution < -0.4 is 0 Å². The van der Waals surface area contributed by atoms with Crippen LogP contribution in [0.5, 0.6) is 0 Å². The molecule has 0 spiro atoms. The molecule has 66 valence electrons. The van der Waals surface area contributed by atoms with E-state index in [9.17, 15) is 10.2 Å². The molecule has 1 saturated heterocycles. The molecule has 0 aromatic heterocycles. The third-order valence-electron chi connectivity index (χ3n) is 2.56. The summed E-state index contributed by atoms with van der Waals surface area (Å²) in [7, 11) is 0. The first-order valence-electron chi connectivity index (χ1n) is 4.09. The standard InChI is InChI=1S/C10H8O2S/c11-9-6-5-7-3-1-2-4-8(7)10(9,12)13-9/h1-6,11-12H. The Labute approximate surface area is 79.9 Å². The Morgan fingerprint density at radius 2 is 1.92 bits per heavy atom. The van der Waals surface area contributed by atoms with Crippen molar-refractivity contribution in [1.29, 1.82) is 0 Å². The fraction of sp³-hybridized carbons (Fsp3) is 0.200. The molecule has 2 atom stereocenters. The topological polar surface area (TPSA) is 40.5 Å². The molecular formula is C10H8O2S. The van der Waals surface area contributed by atoms with Crippen LogP contribution >= 0.6 is 11.8 Å². The number of hydrogen-bond donors (Lipinski definition) is 2. The average Bonchev–Trinajstić information content (AvgIpc) is 2.71. The normalized spacial score (nSPS) is 39.5. The minimum atomic E-state index is -1.10. The van der Waals surface area contributed by atoms with Crippen molar-refractivity contribution in [3.8, 4) is 0 Å². The van der Waals surface area contributed by atoms with Gasteiger partial charge in [-0.25, -0.2) is 0 Å². The van der Waals surface area contributed by atoms with Gasteiger partial charge in [-0.15, -0.1) is 0 Å². The van der Waals surface area contributed by atoms with Crippen LogP contribution in [0.2, 0.25) is 0 Å². The highest BCUT2D eigenvalue weighted by Gasteiger charge is 2.69. The molecule has 1 aliphatic heterocycles. The largest absolute Gasteiger partial charge is 0.372 e. The summed E-state index contributed by atoms with van der Waals surface area (Å²) in [6, 6.07) is 7.57. The lowest BCUT2D eigenvalue weighted by molar-refractivity contribution is 0.0456. The van der Waals surface area contributed by atoms with Crippen LogP contribution in [0.3, 0.4) is 0 Å². The van der Waals surface area contributed by atoms with Gasteiger partial charge in [-0.3, -0.25) is 0 Å². The molecule has 3 rings (SSSR count). The second-order valence-corrected chi connectivity index (χ2v) is 4.78. The summed E-state index contributed by atoms with van der Waals surface area (Å²) >= 11 is 1.17. The lowest BCUT2D eigenvalue weighted by atomic mass is 9.93. The van der Waals surface area contributed by atoms with E-state index in [1.54, 1.807) is 6.08 Å². The Hall–Kier alpha value is -0.770. The molecule has 0 bridgehead atoms. The van der Waals surface area contributed by atoms with Crippen molar-refractivity contribution in [2.24, 2.45) is 0 Å². The monoisotopic (exact) mass is 192 g/mol. The molecule has 2 nitrogen and oxygen atoms in total. The van der Waals surface area contributed by atoms with Crippen LogP contribution in [0, 0.1) is 0 Å². The highest BCUT2D eigenvalue weighted by molar-refractivity contribution is 8.08. The van der Waals surface area contributed by atoms with E-state index in [-0.39, 0.29) is 0 Å². The third kappa shape index (κ3) is 0.771. The smallest absolute Gasteiger partial charge is 0.182 e. The Balaban J connectivity index is 2.27. The molecule has 2 aliphatic rings. The Bertz CT molecular complexity index is 415. The zero-order valence-electron chi connectivity index (χ0n) is 6.77.